The Morgan fingerprint density at radius 1 is 0.630 bits per heavy atom. The molecule has 0 aromatic heterocycles. The SMILES string of the molecule is CC1(Br)CCCCCC(C)(NCC2CCCCCCCCCCC2)CCC1. The molecule has 0 bridgehead atoms. The summed E-state index contributed by atoms with van der Waals surface area (Å²) in [5.41, 5.74) is 0.365. The zero-order chi connectivity index (χ0) is 19.4. The highest BCUT2D eigenvalue weighted by Crippen LogP contribution is 2.34. The van der Waals surface area contributed by atoms with E-state index in [9.17, 15) is 0 Å². The second-order valence-electron chi connectivity index (χ2n) is 10.4. The Bertz CT molecular complexity index is 369. The largest absolute Gasteiger partial charge is 0.311 e. The maximum Gasteiger partial charge on any atom is 0.0229 e. The fourth-order valence-electron chi connectivity index (χ4n) is 5.30. The Labute approximate surface area is 179 Å². The lowest BCUT2D eigenvalue weighted by Crippen LogP contribution is -2.45. The highest BCUT2D eigenvalue weighted by atomic mass is 79.9. The summed E-state index contributed by atoms with van der Waals surface area (Å²) in [5.74, 6) is 0.915. The van der Waals surface area contributed by atoms with Crippen LogP contribution >= 0.6 is 15.9 Å². The highest BCUT2D eigenvalue weighted by molar-refractivity contribution is 9.10. The molecule has 0 saturated heterocycles. The number of nitrogens with one attached hydrogen (secondary N) is 1. The van der Waals surface area contributed by atoms with Crippen LogP contribution in [-0.2, 0) is 0 Å². The van der Waals surface area contributed by atoms with E-state index in [0.717, 1.165) is 5.92 Å². The molecule has 2 fully saturated rings. The minimum atomic E-state index is 0.365. The van der Waals surface area contributed by atoms with Crippen molar-refractivity contribution in [3.63, 3.8) is 0 Å². The van der Waals surface area contributed by atoms with Crippen molar-refractivity contribution >= 4 is 15.9 Å². The molecule has 2 aliphatic carbocycles. The molecular weight excluding hydrogens is 394 g/mol. The molecule has 2 atom stereocenters. The van der Waals surface area contributed by atoms with Crippen LogP contribution in [-0.4, -0.2) is 16.4 Å². The minimum absolute atomic E-state index is 0.365. The van der Waals surface area contributed by atoms with Gasteiger partial charge < -0.3 is 5.32 Å². The Morgan fingerprint density at radius 3 is 1.70 bits per heavy atom. The first kappa shape index (κ1) is 23.7. The first-order chi connectivity index (χ1) is 13.0. The zero-order valence-electron chi connectivity index (χ0n) is 18.6. The molecule has 1 N–H and O–H groups in total. The van der Waals surface area contributed by atoms with Gasteiger partial charge >= 0.3 is 0 Å². The lowest BCUT2D eigenvalue weighted by molar-refractivity contribution is 0.248. The van der Waals surface area contributed by atoms with Crippen LogP contribution in [0.25, 0.3) is 0 Å². The van der Waals surface area contributed by atoms with E-state index in [0.29, 0.717) is 9.86 Å². The third-order valence-corrected chi connectivity index (χ3v) is 8.19. The fraction of sp³-hybridized carbons (Fsp3) is 1.00. The standard InChI is InChI=1S/C25H48BrN/c1-24(26)18-13-10-14-20-25(2,21-15-19-24)27-22-23-16-11-8-6-4-3-5-7-9-12-17-23/h23,27H,3-22H2,1-2H3. The van der Waals surface area contributed by atoms with Crippen molar-refractivity contribution in [3.05, 3.63) is 0 Å². The predicted octanol–water partition coefficient (Wildman–Crippen LogP) is 8.54. The van der Waals surface area contributed by atoms with Gasteiger partial charge in [0.25, 0.3) is 0 Å². The first-order valence-corrected chi connectivity index (χ1v) is 13.2. The van der Waals surface area contributed by atoms with Gasteiger partial charge in [-0.2, -0.15) is 0 Å². The van der Waals surface area contributed by atoms with Crippen molar-refractivity contribution in [1.82, 2.24) is 5.32 Å². The van der Waals surface area contributed by atoms with Crippen molar-refractivity contribution in [1.29, 1.82) is 0 Å². The van der Waals surface area contributed by atoms with Crippen LogP contribution in [0.2, 0.25) is 0 Å². The Balaban J connectivity index is 1.81. The van der Waals surface area contributed by atoms with E-state index in [2.05, 4.69) is 35.1 Å². The van der Waals surface area contributed by atoms with Crippen molar-refractivity contribution in [2.45, 2.75) is 146 Å². The van der Waals surface area contributed by atoms with E-state index in [1.165, 1.54) is 129 Å². The summed E-state index contributed by atoms with van der Waals surface area (Å²) in [4.78, 5) is 0. The molecule has 0 radical (unpaired) electrons. The topological polar surface area (TPSA) is 12.0 Å². The lowest BCUT2D eigenvalue weighted by atomic mass is 9.83. The fourth-order valence-corrected chi connectivity index (χ4v) is 5.86. The van der Waals surface area contributed by atoms with E-state index in [4.69, 9.17) is 0 Å². The molecule has 0 aromatic rings. The molecule has 2 heteroatoms. The number of hydrogen-bond donors (Lipinski definition) is 1. The van der Waals surface area contributed by atoms with Crippen LogP contribution in [0.1, 0.15) is 136 Å². The van der Waals surface area contributed by atoms with Crippen LogP contribution in [0.15, 0.2) is 0 Å². The van der Waals surface area contributed by atoms with E-state index in [1.807, 2.05) is 0 Å². The van der Waals surface area contributed by atoms with Gasteiger partial charge in [-0.15, -0.1) is 0 Å². The molecule has 2 saturated carbocycles. The smallest absolute Gasteiger partial charge is 0.0229 e. The molecule has 1 nitrogen and oxygen atoms in total. The molecule has 160 valence electrons. The Morgan fingerprint density at radius 2 is 1.07 bits per heavy atom. The van der Waals surface area contributed by atoms with E-state index in [-0.39, 0.29) is 0 Å². The van der Waals surface area contributed by atoms with Gasteiger partial charge in [0.15, 0.2) is 0 Å². The maximum absolute atomic E-state index is 4.11. The molecular formula is C25H48BrN. The quantitative estimate of drug-likeness (QED) is 0.432. The summed E-state index contributed by atoms with van der Waals surface area (Å²) < 4.78 is 0.374. The molecule has 2 aliphatic rings. The molecule has 0 amide bonds. The molecule has 0 spiro atoms. The number of hydrogen-bond acceptors (Lipinski definition) is 1. The maximum atomic E-state index is 4.11. The average Bonchev–Trinajstić information content (AvgIpc) is 2.60. The normalized spacial score (nSPS) is 34.3. The number of rotatable bonds is 3. The number of halogens is 1. The van der Waals surface area contributed by atoms with Crippen molar-refractivity contribution < 1.29 is 0 Å². The summed E-state index contributed by atoms with van der Waals surface area (Å²) >= 11 is 4.00. The minimum Gasteiger partial charge on any atom is -0.311 e. The summed E-state index contributed by atoms with van der Waals surface area (Å²) in [6.45, 7) is 6.20. The van der Waals surface area contributed by atoms with Crippen molar-refractivity contribution in [2.75, 3.05) is 6.54 Å². The predicted molar refractivity (Wildman–Crippen MR) is 125 cm³/mol. The van der Waals surface area contributed by atoms with Gasteiger partial charge in [0.05, 0.1) is 0 Å². The summed E-state index contributed by atoms with van der Waals surface area (Å²) in [6.07, 6.45) is 27.1. The highest BCUT2D eigenvalue weighted by Gasteiger charge is 2.28. The van der Waals surface area contributed by atoms with Crippen molar-refractivity contribution in [3.8, 4) is 0 Å². The van der Waals surface area contributed by atoms with Crippen LogP contribution in [0.4, 0.5) is 0 Å². The third kappa shape index (κ3) is 10.7. The summed E-state index contributed by atoms with van der Waals surface area (Å²) in [5, 5.41) is 4.11. The summed E-state index contributed by atoms with van der Waals surface area (Å²) in [7, 11) is 0. The third-order valence-electron chi connectivity index (χ3n) is 7.40. The molecule has 2 unspecified atom stereocenters. The number of alkyl halides is 1. The van der Waals surface area contributed by atoms with Gasteiger partial charge in [-0.05, 0) is 64.8 Å². The van der Waals surface area contributed by atoms with E-state index >= 15 is 0 Å². The van der Waals surface area contributed by atoms with Gasteiger partial charge in [-0.3, -0.25) is 0 Å². The van der Waals surface area contributed by atoms with Gasteiger partial charge in [0.2, 0.25) is 0 Å². The molecule has 27 heavy (non-hydrogen) atoms. The van der Waals surface area contributed by atoms with Crippen LogP contribution < -0.4 is 5.32 Å². The van der Waals surface area contributed by atoms with Gasteiger partial charge in [0, 0.05) is 9.86 Å². The van der Waals surface area contributed by atoms with Crippen LogP contribution in [0.3, 0.4) is 0 Å². The van der Waals surface area contributed by atoms with Crippen LogP contribution in [0.5, 0.6) is 0 Å². The van der Waals surface area contributed by atoms with Gasteiger partial charge in [0.1, 0.15) is 0 Å². The van der Waals surface area contributed by atoms with E-state index < -0.39 is 0 Å². The van der Waals surface area contributed by atoms with Crippen LogP contribution in [0, 0.1) is 5.92 Å². The monoisotopic (exact) mass is 441 g/mol. The first-order valence-electron chi connectivity index (χ1n) is 12.4. The van der Waals surface area contributed by atoms with E-state index in [1.54, 1.807) is 0 Å². The summed E-state index contributed by atoms with van der Waals surface area (Å²) in [6, 6.07) is 0. The molecule has 2 rings (SSSR count). The van der Waals surface area contributed by atoms with Gasteiger partial charge in [-0.25, -0.2) is 0 Å². The molecule has 0 heterocycles. The van der Waals surface area contributed by atoms with Crippen molar-refractivity contribution in [2.24, 2.45) is 5.92 Å². The van der Waals surface area contributed by atoms with Gasteiger partial charge in [-0.1, -0.05) is 99.4 Å². The Hall–Kier alpha value is 0.440. The zero-order valence-corrected chi connectivity index (χ0v) is 20.2. The Kier molecular flexibility index (Phi) is 11.3. The average molecular weight is 443 g/mol. The second kappa shape index (κ2) is 12.9. The molecule has 0 aliphatic heterocycles. The second-order valence-corrected chi connectivity index (χ2v) is 12.3. The molecule has 0 aromatic carbocycles. The lowest BCUT2D eigenvalue weighted by Gasteiger charge is -2.35.